The van der Waals surface area contributed by atoms with E-state index in [4.69, 9.17) is 4.74 Å². The van der Waals surface area contributed by atoms with Gasteiger partial charge in [0.25, 0.3) is 0 Å². The molecule has 94 valence electrons. The molecular weight excluding hydrogens is 212 g/mol. The van der Waals surface area contributed by atoms with Crippen LogP contribution in [0, 0.1) is 5.92 Å². The van der Waals surface area contributed by atoms with Crippen molar-refractivity contribution < 1.29 is 9.84 Å². The van der Waals surface area contributed by atoms with Gasteiger partial charge in [0, 0.05) is 0 Å². The maximum Gasteiger partial charge on any atom is 0.0804 e. The van der Waals surface area contributed by atoms with Crippen LogP contribution in [0.1, 0.15) is 25.3 Å². The van der Waals surface area contributed by atoms with Gasteiger partial charge in [-0.05, 0) is 17.9 Å². The number of allylic oxidation sites excluding steroid dienone is 1. The van der Waals surface area contributed by atoms with Crippen LogP contribution in [-0.4, -0.2) is 17.8 Å². The van der Waals surface area contributed by atoms with Crippen molar-refractivity contribution in [2.24, 2.45) is 5.92 Å². The summed E-state index contributed by atoms with van der Waals surface area (Å²) in [6.45, 7) is 6.73. The van der Waals surface area contributed by atoms with Gasteiger partial charge in [-0.25, -0.2) is 0 Å². The summed E-state index contributed by atoms with van der Waals surface area (Å²) in [6, 6.07) is 10.00. The fourth-order valence-corrected chi connectivity index (χ4v) is 1.82. The van der Waals surface area contributed by atoms with Gasteiger partial charge in [0.15, 0.2) is 0 Å². The first-order valence-corrected chi connectivity index (χ1v) is 6.18. The Kier molecular flexibility index (Phi) is 6.60. The van der Waals surface area contributed by atoms with E-state index in [0.29, 0.717) is 13.2 Å². The van der Waals surface area contributed by atoms with Gasteiger partial charge >= 0.3 is 0 Å². The Hall–Kier alpha value is -1.12. The van der Waals surface area contributed by atoms with Gasteiger partial charge in [-0.2, -0.15) is 0 Å². The fourth-order valence-electron chi connectivity index (χ4n) is 1.82. The lowest BCUT2D eigenvalue weighted by Crippen LogP contribution is -2.25. The summed E-state index contributed by atoms with van der Waals surface area (Å²) in [4.78, 5) is 0. The molecule has 1 rings (SSSR count). The van der Waals surface area contributed by atoms with Crippen LogP contribution >= 0.6 is 0 Å². The summed E-state index contributed by atoms with van der Waals surface area (Å²) < 4.78 is 5.53. The lowest BCUT2D eigenvalue weighted by Gasteiger charge is -2.20. The van der Waals surface area contributed by atoms with E-state index in [9.17, 15) is 5.11 Å². The van der Waals surface area contributed by atoms with E-state index < -0.39 is 6.10 Å². The first kappa shape index (κ1) is 13.9. The van der Waals surface area contributed by atoms with Crippen LogP contribution in [0.25, 0.3) is 0 Å². The minimum atomic E-state index is -0.401. The molecule has 0 bridgehead atoms. The monoisotopic (exact) mass is 234 g/mol. The summed E-state index contributed by atoms with van der Waals surface area (Å²) in [6.07, 6.45) is 3.24. The topological polar surface area (TPSA) is 29.5 Å². The van der Waals surface area contributed by atoms with Crippen molar-refractivity contribution >= 4 is 0 Å². The minimum Gasteiger partial charge on any atom is -0.390 e. The van der Waals surface area contributed by atoms with Gasteiger partial charge in [0.2, 0.25) is 0 Å². The predicted molar refractivity (Wildman–Crippen MR) is 70.7 cm³/mol. The highest BCUT2D eigenvalue weighted by Crippen LogP contribution is 2.14. The number of rotatable bonds is 8. The zero-order chi connectivity index (χ0) is 12.5. The molecule has 0 unspecified atom stereocenters. The van der Waals surface area contributed by atoms with Crippen molar-refractivity contribution in [3.63, 3.8) is 0 Å². The van der Waals surface area contributed by atoms with Crippen LogP contribution in [0.2, 0.25) is 0 Å². The highest BCUT2D eigenvalue weighted by Gasteiger charge is 2.15. The molecule has 17 heavy (non-hydrogen) atoms. The summed E-state index contributed by atoms with van der Waals surface area (Å²) in [5.41, 5.74) is 1.14. The maximum absolute atomic E-state index is 9.95. The summed E-state index contributed by atoms with van der Waals surface area (Å²) in [5, 5.41) is 9.95. The second kappa shape index (κ2) is 8.04. The SMILES string of the molecule is C=CC[C@@H](CC)[C@@H](O)COCc1ccccc1. The Morgan fingerprint density at radius 2 is 2.06 bits per heavy atom. The first-order chi connectivity index (χ1) is 8.27. The van der Waals surface area contributed by atoms with Crippen molar-refractivity contribution in [3.8, 4) is 0 Å². The number of aliphatic hydroxyl groups is 1. The van der Waals surface area contributed by atoms with Crippen LogP contribution < -0.4 is 0 Å². The fraction of sp³-hybridized carbons (Fsp3) is 0.467. The lowest BCUT2D eigenvalue weighted by molar-refractivity contribution is -0.00229. The highest BCUT2D eigenvalue weighted by molar-refractivity contribution is 5.13. The molecule has 2 heteroatoms. The molecule has 0 aromatic heterocycles. The number of ether oxygens (including phenoxy) is 1. The zero-order valence-corrected chi connectivity index (χ0v) is 10.5. The van der Waals surface area contributed by atoms with Crippen LogP contribution in [0.5, 0.6) is 0 Å². The largest absolute Gasteiger partial charge is 0.390 e. The van der Waals surface area contributed by atoms with Gasteiger partial charge in [-0.1, -0.05) is 49.8 Å². The van der Waals surface area contributed by atoms with Crippen LogP contribution in [0.15, 0.2) is 43.0 Å². The number of benzene rings is 1. The lowest BCUT2D eigenvalue weighted by atomic mass is 9.96. The highest BCUT2D eigenvalue weighted by atomic mass is 16.5. The minimum absolute atomic E-state index is 0.253. The van der Waals surface area contributed by atoms with E-state index in [1.807, 2.05) is 36.4 Å². The van der Waals surface area contributed by atoms with Crippen LogP contribution in [-0.2, 0) is 11.3 Å². The molecule has 1 N–H and O–H groups in total. The smallest absolute Gasteiger partial charge is 0.0804 e. The first-order valence-electron chi connectivity index (χ1n) is 6.18. The van der Waals surface area contributed by atoms with E-state index in [2.05, 4.69) is 13.5 Å². The Labute approximate surface area is 104 Å². The van der Waals surface area contributed by atoms with Crippen molar-refractivity contribution in [1.29, 1.82) is 0 Å². The third kappa shape index (κ3) is 5.16. The van der Waals surface area contributed by atoms with Crippen LogP contribution in [0.4, 0.5) is 0 Å². The second-order valence-electron chi connectivity index (χ2n) is 4.26. The Balaban J connectivity index is 2.28. The Morgan fingerprint density at radius 1 is 1.35 bits per heavy atom. The Bertz CT molecular complexity index is 308. The van der Waals surface area contributed by atoms with E-state index in [-0.39, 0.29) is 5.92 Å². The van der Waals surface area contributed by atoms with Crippen molar-refractivity contribution in [1.82, 2.24) is 0 Å². The van der Waals surface area contributed by atoms with Gasteiger partial charge < -0.3 is 9.84 Å². The molecule has 0 aliphatic rings. The quantitative estimate of drug-likeness (QED) is 0.700. The molecular formula is C15H22O2. The number of aliphatic hydroxyl groups excluding tert-OH is 1. The molecule has 0 saturated heterocycles. The molecule has 0 spiro atoms. The summed E-state index contributed by atoms with van der Waals surface area (Å²) >= 11 is 0. The molecule has 2 nitrogen and oxygen atoms in total. The maximum atomic E-state index is 9.95. The molecule has 1 aromatic carbocycles. The van der Waals surface area contributed by atoms with Crippen molar-refractivity contribution in [3.05, 3.63) is 48.6 Å². The number of hydrogen-bond acceptors (Lipinski definition) is 2. The van der Waals surface area contributed by atoms with E-state index >= 15 is 0 Å². The summed E-state index contributed by atoms with van der Waals surface area (Å²) in [7, 11) is 0. The average Bonchev–Trinajstić information content (AvgIpc) is 2.37. The van der Waals surface area contributed by atoms with E-state index in [1.54, 1.807) is 0 Å². The molecule has 2 atom stereocenters. The van der Waals surface area contributed by atoms with Gasteiger partial charge in [0.1, 0.15) is 0 Å². The normalized spacial score (nSPS) is 14.2. The van der Waals surface area contributed by atoms with E-state index in [0.717, 1.165) is 18.4 Å². The average molecular weight is 234 g/mol. The predicted octanol–water partition coefficient (Wildman–Crippen LogP) is 3.17. The van der Waals surface area contributed by atoms with Crippen molar-refractivity contribution in [2.75, 3.05) is 6.61 Å². The molecule has 0 radical (unpaired) electrons. The Morgan fingerprint density at radius 3 is 2.65 bits per heavy atom. The molecule has 0 saturated carbocycles. The van der Waals surface area contributed by atoms with Gasteiger partial charge in [-0.3, -0.25) is 0 Å². The van der Waals surface area contributed by atoms with Crippen molar-refractivity contribution in [2.45, 2.75) is 32.5 Å². The van der Waals surface area contributed by atoms with Gasteiger partial charge in [0.05, 0.1) is 19.3 Å². The molecule has 1 aromatic rings. The van der Waals surface area contributed by atoms with Gasteiger partial charge in [-0.15, -0.1) is 6.58 Å². The third-order valence-electron chi connectivity index (χ3n) is 2.94. The standard InChI is InChI=1S/C15H22O2/c1-3-8-14(4-2)15(16)12-17-11-13-9-6-5-7-10-13/h3,5-7,9-10,14-16H,1,4,8,11-12H2,2H3/t14-,15+/m1/s1. The third-order valence-corrected chi connectivity index (χ3v) is 2.94. The summed E-state index contributed by atoms with van der Waals surface area (Å²) in [5.74, 6) is 0.253. The zero-order valence-electron chi connectivity index (χ0n) is 10.5. The van der Waals surface area contributed by atoms with E-state index in [1.165, 1.54) is 0 Å². The van der Waals surface area contributed by atoms with Crippen LogP contribution in [0.3, 0.4) is 0 Å². The molecule has 0 heterocycles. The second-order valence-corrected chi connectivity index (χ2v) is 4.26. The molecule has 0 fully saturated rings. The molecule has 0 amide bonds. The molecule has 0 aliphatic carbocycles. The molecule has 0 aliphatic heterocycles. The number of hydrogen-bond donors (Lipinski definition) is 1.